The number of hydrogen-bond acceptors (Lipinski definition) is 5. The normalized spacial score (nSPS) is 10.7. The van der Waals surface area contributed by atoms with Crippen molar-refractivity contribution >= 4 is 11.6 Å². The van der Waals surface area contributed by atoms with Crippen LogP contribution in [-0.2, 0) is 11.3 Å². The summed E-state index contributed by atoms with van der Waals surface area (Å²) in [5, 5.41) is 4.08. The highest BCUT2D eigenvalue weighted by Crippen LogP contribution is 2.12. The quantitative estimate of drug-likeness (QED) is 0.735. The summed E-state index contributed by atoms with van der Waals surface area (Å²) in [5.41, 5.74) is 7.95. The number of aromatic nitrogens is 3. The minimum absolute atomic E-state index is 0.323. The van der Waals surface area contributed by atoms with Crippen molar-refractivity contribution < 1.29 is 9.53 Å². The van der Waals surface area contributed by atoms with Gasteiger partial charge >= 0.3 is 5.97 Å². The summed E-state index contributed by atoms with van der Waals surface area (Å²) in [6, 6.07) is 1.83. The molecule has 2 aromatic rings. The second-order valence-electron chi connectivity index (χ2n) is 3.38. The minimum Gasteiger partial charge on any atom is -0.465 e. The molecule has 2 heterocycles. The monoisotopic (exact) mass is 220 g/mol. The molecule has 0 aliphatic carbocycles. The van der Waals surface area contributed by atoms with Gasteiger partial charge in [-0.2, -0.15) is 5.10 Å². The lowest BCUT2D eigenvalue weighted by Gasteiger charge is -2.03. The number of nitrogens with zero attached hydrogens (tertiary/aromatic N) is 3. The molecule has 6 heteroatoms. The van der Waals surface area contributed by atoms with Gasteiger partial charge in [-0.25, -0.2) is 14.3 Å². The minimum atomic E-state index is -0.448. The van der Waals surface area contributed by atoms with Gasteiger partial charge in [0, 0.05) is 12.2 Å². The van der Waals surface area contributed by atoms with Crippen molar-refractivity contribution in [3.63, 3.8) is 0 Å². The van der Waals surface area contributed by atoms with Gasteiger partial charge in [0.25, 0.3) is 0 Å². The van der Waals surface area contributed by atoms with Gasteiger partial charge in [-0.05, 0) is 13.0 Å². The first-order chi connectivity index (χ1) is 7.67. The van der Waals surface area contributed by atoms with Crippen molar-refractivity contribution in [1.29, 1.82) is 0 Å². The molecule has 2 rings (SSSR count). The van der Waals surface area contributed by atoms with Crippen molar-refractivity contribution in [2.75, 3.05) is 7.11 Å². The maximum absolute atomic E-state index is 11.5. The number of nitrogens with two attached hydrogens (primary N) is 1. The predicted molar refractivity (Wildman–Crippen MR) is 57.0 cm³/mol. The molecule has 2 aromatic heterocycles. The van der Waals surface area contributed by atoms with Crippen LogP contribution in [0, 0.1) is 6.92 Å². The fraction of sp³-hybridized carbons (Fsp3) is 0.300. The molecular formula is C10H12N4O2. The number of esters is 1. The van der Waals surface area contributed by atoms with E-state index in [1.807, 2.05) is 13.0 Å². The first-order valence-electron chi connectivity index (χ1n) is 4.80. The second kappa shape index (κ2) is 3.90. The Morgan fingerprint density at radius 3 is 3.00 bits per heavy atom. The Kier molecular flexibility index (Phi) is 2.57. The number of carbonyl (C=O) groups excluding carboxylic acids is 1. The molecule has 0 unspecified atom stereocenters. The molecule has 0 fully saturated rings. The van der Waals surface area contributed by atoms with E-state index in [4.69, 9.17) is 5.73 Å². The molecule has 0 aliphatic heterocycles. The lowest BCUT2D eigenvalue weighted by atomic mass is 10.3. The molecule has 84 valence electrons. The highest BCUT2D eigenvalue weighted by molar-refractivity contribution is 5.95. The number of aryl methyl sites for hydroxylation is 1. The second-order valence-corrected chi connectivity index (χ2v) is 3.38. The number of carbonyl (C=O) groups is 1. The van der Waals surface area contributed by atoms with Crippen LogP contribution in [0.1, 0.15) is 21.7 Å². The summed E-state index contributed by atoms with van der Waals surface area (Å²) in [6.45, 7) is 2.20. The van der Waals surface area contributed by atoms with Gasteiger partial charge in [-0.3, -0.25) is 0 Å². The summed E-state index contributed by atoms with van der Waals surface area (Å²) >= 11 is 0. The molecule has 0 saturated heterocycles. The Labute approximate surface area is 92.0 Å². The summed E-state index contributed by atoms with van der Waals surface area (Å²) in [4.78, 5) is 15.7. The molecule has 0 bridgehead atoms. The van der Waals surface area contributed by atoms with Crippen LogP contribution >= 0.6 is 0 Å². The average molecular weight is 220 g/mol. The highest BCUT2D eigenvalue weighted by Gasteiger charge is 2.15. The van der Waals surface area contributed by atoms with Crippen molar-refractivity contribution in [2.45, 2.75) is 13.5 Å². The van der Waals surface area contributed by atoms with E-state index in [1.54, 1.807) is 4.52 Å². The van der Waals surface area contributed by atoms with Crippen LogP contribution in [0.25, 0.3) is 5.65 Å². The molecule has 6 nitrogen and oxygen atoms in total. The number of rotatable bonds is 2. The Balaban J connectivity index is 2.70. The summed E-state index contributed by atoms with van der Waals surface area (Å²) in [5.74, 6) is -0.448. The zero-order valence-electron chi connectivity index (χ0n) is 9.10. The highest BCUT2D eigenvalue weighted by atomic mass is 16.5. The Morgan fingerprint density at radius 1 is 1.62 bits per heavy atom. The van der Waals surface area contributed by atoms with E-state index in [-0.39, 0.29) is 0 Å². The predicted octanol–water partition coefficient (Wildman–Crippen LogP) is 0.283. The van der Waals surface area contributed by atoms with Crippen LogP contribution in [0.5, 0.6) is 0 Å². The zero-order valence-corrected chi connectivity index (χ0v) is 9.10. The van der Waals surface area contributed by atoms with Crippen molar-refractivity contribution in [1.82, 2.24) is 14.6 Å². The third-order valence-corrected chi connectivity index (χ3v) is 2.32. The summed E-state index contributed by atoms with van der Waals surface area (Å²) in [7, 11) is 1.32. The molecule has 0 amide bonds. The van der Waals surface area contributed by atoms with Crippen LogP contribution in [0.2, 0.25) is 0 Å². The number of methoxy groups -OCH3 is 1. The van der Waals surface area contributed by atoms with Crippen molar-refractivity contribution in [3.8, 4) is 0 Å². The van der Waals surface area contributed by atoms with E-state index < -0.39 is 5.97 Å². The van der Waals surface area contributed by atoms with Gasteiger partial charge in [0.1, 0.15) is 5.56 Å². The maximum Gasteiger partial charge on any atom is 0.343 e. The fourth-order valence-electron chi connectivity index (χ4n) is 1.54. The third-order valence-electron chi connectivity index (χ3n) is 2.32. The van der Waals surface area contributed by atoms with Crippen molar-refractivity contribution in [3.05, 3.63) is 29.2 Å². The molecular weight excluding hydrogens is 208 g/mol. The molecule has 0 spiro atoms. The number of ether oxygens (including phenoxy) is 1. The number of hydrogen-bond donors (Lipinski definition) is 1. The van der Waals surface area contributed by atoms with Gasteiger partial charge in [0.15, 0.2) is 5.65 Å². The molecule has 2 N–H and O–H groups in total. The summed E-state index contributed by atoms with van der Waals surface area (Å²) in [6.07, 6.45) is 1.45. The van der Waals surface area contributed by atoms with Gasteiger partial charge in [0.2, 0.25) is 0 Å². The van der Waals surface area contributed by atoms with Gasteiger partial charge in [-0.15, -0.1) is 0 Å². The van der Waals surface area contributed by atoms with Crippen LogP contribution in [0.3, 0.4) is 0 Å². The van der Waals surface area contributed by atoms with Gasteiger partial charge < -0.3 is 10.5 Å². The maximum atomic E-state index is 11.5. The topological polar surface area (TPSA) is 82.5 Å². The Bertz CT molecular complexity index is 547. The lowest BCUT2D eigenvalue weighted by molar-refractivity contribution is 0.0602. The van der Waals surface area contributed by atoms with E-state index in [0.29, 0.717) is 17.8 Å². The van der Waals surface area contributed by atoms with Crippen LogP contribution < -0.4 is 5.73 Å². The number of fused-ring (bicyclic) bond motifs is 1. The van der Waals surface area contributed by atoms with Gasteiger partial charge in [0.05, 0.1) is 19.0 Å². The Hall–Kier alpha value is -1.95. The average Bonchev–Trinajstić information content (AvgIpc) is 2.72. The largest absolute Gasteiger partial charge is 0.465 e. The molecule has 16 heavy (non-hydrogen) atoms. The first kappa shape index (κ1) is 10.6. The lowest BCUT2D eigenvalue weighted by Crippen LogP contribution is -2.07. The van der Waals surface area contributed by atoms with E-state index in [9.17, 15) is 4.79 Å². The Morgan fingerprint density at radius 2 is 2.38 bits per heavy atom. The molecule has 0 aliphatic rings. The first-order valence-corrected chi connectivity index (χ1v) is 4.80. The molecule has 0 saturated carbocycles. The van der Waals surface area contributed by atoms with Gasteiger partial charge in [-0.1, -0.05) is 0 Å². The van der Waals surface area contributed by atoms with Crippen LogP contribution in [-0.4, -0.2) is 27.7 Å². The van der Waals surface area contributed by atoms with E-state index >= 15 is 0 Å². The smallest absolute Gasteiger partial charge is 0.343 e. The molecule has 0 atom stereocenters. The van der Waals surface area contributed by atoms with E-state index in [0.717, 1.165) is 11.4 Å². The zero-order chi connectivity index (χ0) is 11.7. The van der Waals surface area contributed by atoms with Crippen molar-refractivity contribution in [2.24, 2.45) is 5.73 Å². The standard InChI is InChI=1S/C10H12N4O2/c1-6-3-7(4-11)13-9-8(10(15)16-2)5-12-14(6)9/h3,5H,4,11H2,1-2H3. The summed E-state index contributed by atoms with van der Waals surface area (Å²) < 4.78 is 6.24. The molecule has 0 radical (unpaired) electrons. The van der Waals surface area contributed by atoms with Crippen LogP contribution in [0.15, 0.2) is 12.3 Å². The molecule has 0 aromatic carbocycles. The SMILES string of the molecule is COC(=O)c1cnn2c(C)cc(CN)nc12. The van der Waals surface area contributed by atoms with Crippen LogP contribution in [0.4, 0.5) is 0 Å². The fourth-order valence-corrected chi connectivity index (χ4v) is 1.54. The van der Waals surface area contributed by atoms with E-state index in [2.05, 4.69) is 14.8 Å². The third kappa shape index (κ3) is 1.53. The van der Waals surface area contributed by atoms with E-state index in [1.165, 1.54) is 13.3 Å².